The summed E-state index contributed by atoms with van der Waals surface area (Å²) in [5, 5.41) is 9.93. The van der Waals surface area contributed by atoms with Gasteiger partial charge in [0.15, 0.2) is 17.5 Å². The number of carboxylic acid groups (broad SMARTS) is 1. The number of aliphatic carboxylic acids is 1. The minimum Gasteiger partial charge on any atom is -0.481 e. The summed E-state index contributed by atoms with van der Waals surface area (Å²) in [5.41, 5.74) is -1.26. The number of hydrogen-bond donors (Lipinski definition) is 1. The fourth-order valence-electron chi connectivity index (χ4n) is 6.76. The van der Waals surface area contributed by atoms with E-state index >= 15 is 0 Å². The van der Waals surface area contributed by atoms with E-state index in [0.29, 0.717) is 18.8 Å². The number of hydrogen-bond acceptors (Lipinski definition) is 1. The average molecular weight is 509 g/mol. The molecule has 0 aliphatic heterocycles. The average Bonchev–Trinajstić information content (AvgIpc) is 2.88. The highest BCUT2D eigenvalue weighted by atomic mass is 19.2. The molecule has 2 saturated carbocycles. The second-order valence-corrected chi connectivity index (χ2v) is 11.8. The number of unbranched alkanes of at least 4 members (excludes halogenated alkanes) is 7. The van der Waals surface area contributed by atoms with Gasteiger partial charge in [0.25, 0.3) is 0 Å². The van der Waals surface area contributed by atoms with Crippen LogP contribution in [0.2, 0.25) is 0 Å². The maximum Gasteiger partial charge on any atom is 0.314 e. The molecule has 0 heterocycles. The van der Waals surface area contributed by atoms with Crippen molar-refractivity contribution >= 4 is 5.97 Å². The summed E-state index contributed by atoms with van der Waals surface area (Å²) in [6.07, 6.45) is 22.3. The third-order valence-electron chi connectivity index (χ3n) is 9.32. The molecule has 0 spiro atoms. The van der Waals surface area contributed by atoms with Crippen molar-refractivity contribution in [2.45, 2.75) is 134 Å². The number of carboxylic acids is 1. The lowest BCUT2D eigenvalue weighted by molar-refractivity contribution is -0.145. The Balaban J connectivity index is 1.34. The number of benzene rings is 1. The van der Waals surface area contributed by atoms with E-state index in [4.69, 9.17) is 0 Å². The van der Waals surface area contributed by atoms with Gasteiger partial charge in [-0.25, -0.2) is 13.2 Å². The highest BCUT2D eigenvalue weighted by Gasteiger charge is 2.44. The Kier molecular flexibility index (Phi) is 11.6. The molecule has 3 rings (SSSR count). The first-order chi connectivity index (χ1) is 17.4. The maximum atomic E-state index is 13.8. The van der Waals surface area contributed by atoms with Crippen LogP contribution in [-0.4, -0.2) is 11.1 Å². The van der Waals surface area contributed by atoms with Crippen LogP contribution in [0.15, 0.2) is 12.1 Å². The second-order valence-electron chi connectivity index (χ2n) is 11.8. The van der Waals surface area contributed by atoms with Crippen molar-refractivity contribution in [2.24, 2.45) is 17.8 Å². The molecule has 2 aliphatic rings. The number of carbonyl (C=O) groups is 1. The van der Waals surface area contributed by atoms with Crippen molar-refractivity contribution in [3.05, 3.63) is 35.1 Å². The van der Waals surface area contributed by atoms with Crippen LogP contribution >= 0.6 is 0 Å². The molecule has 5 heteroatoms. The van der Waals surface area contributed by atoms with Gasteiger partial charge in [-0.05, 0) is 61.1 Å². The zero-order valence-electron chi connectivity index (χ0n) is 22.3. The van der Waals surface area contributed by atoms with Gasteiger partial charge in [0, 0.05) is 0 Å². The molecule has 2 nitrogen and oxygen atoms in total. The maximum absolute atomic E-state index is 13.8. The minimum absolute atomic E-state index is 0.0552. The molecule has 0 radical (unpaired) electrons. The molecule has 1 N–H and O–H groups in total. The smallest absolute Gasteiger partial charge is 0.314 e. The molecule has 1 aromatic carbocycles. The van der Waals surface area contributed by atoms with Crippen LogP contribution in [0.1, 0.15) is 134 Å². The standard InChI is InChI=1S/C31H47F3O2/c1-2-3-4-5-6-7-8-9-10-23-11-13-24(14-12-23)15-16-25-17-19-31(20-18-25,30(35)36)26-21-27(32)29(34)28(33)22-26/h21-25H,2-20H2,1H3,(H,35,36). The summed E-state index contributed by atoms with van der Waals surface area (Å²) in [6, 6.07) is 1.75. The Morgan fingerprint density at radius 2 is 1.19 bits per heavy atom. The number of rotatable bonds is 14. The van der Waals surface area contributed by atoms with Gasteiger partial charge in [-0.1, -0.05) is 103 Å². The van der Waals surface area contributed by atoms with Crippen molar-refractivity contribution in [3.63, 3.8) is 0 Å². The first-order valence-electron chi connectivity index (χ1n) is 14.7. The van der Waals surface area contributed by atoms with Crippen molar-refractivity contribution in [2.75, 3.05) is 0 Å². The van der Waals surface area contributed by atoms with Crippen LogP contribution in [0.25, 0.3) is 0 Å². The number of halogens is 3. The highest BCUT2D eigenvalue weighted by Crippen LogP contribution is 2.45. The first-order valence-corrected chi connectivity index (χ1v) is 14.7. The molecule has 0 aromatic heterocycles. The van der Waals surface area contributed by atoms with Gasteiger partial charge in [-0.3, -0.25) is 4.79 Å². The van der Waals surface area contributed by atoms with Crippen molar-refractivity contribution < 1.29 is 23.1 Å². The SMILES string of the molecule is CCCCCCCCCCC1CCC(CCC2CCC(C(=O)O)(c3cc(F)c(F)c(F)c3)CC2)CC1. The third-order valence-corrected chi connectivity index (χ3v) is 9.32. The van der Waals surface area contributed by atoms with Gasteiger partial charge < -0.3 is 5.11 Å². The Morgan fingerprint density at radius 1 is 0.750 bits per heavy atom. The monoisotopic (exact) mass is 508 g/mol. The van der Waals surface area contributed by atoms with E-state index in [1.54, 1.807) is 0 Å². The van der Waals surface area contributed by atoms with Gasteiger partial charge in [0.1, 0.15) is 0 Å². The van der Waals surface area contributed by atoms with Gasteiger partial charge in [0.05, 0.1) is 5.41 Å². The van der Waals surface area contributed by atoms with Crippen LogP contribution in [0.5, 0.6) is 0 Å². The fourth-order valence-corrected chi connectivity index (χ4v) is 6.76. The van der Waals surface area contributed by atoms with Crippen LogP contribution in [-0.2, 0) is 10.2 Å². The molecule has 0 amide bonds. The van der Waals surface area contributed by atoms with Crippen LogP contribution in [0.3, 0.4) is 0 Å². The first kappa shape index (κ1) is 29.0. The van der Waals surface area contributed by atoms with E-state index in [-0.39, 0.29) is 5.56 Å². The van der Waals surface area contributed by atoms with Crippen molar-refractivity contribution in [1.29, 1.82) is 0 Å². The summed E-state index contributed by atoms with van der Waals surface area (Å²) < 4.78 is 41.0. The van der Waals surface area contributed by atoms with E-state index in [1.165, 1.54) is 89.9 Å². The summed E-state index contributed by atoms with van der Waals surface area (Å²) in [5.74, 6) is -3.09. The molecule has 0 saturated heterocycles. The fraction of sp³-hybridized carbons (Fsp3) is 0.774. The Labute approximate surface area is 216 Å². The highest BCUT2D eigenvalue weighted by molar-refractivity contribution is 5.81. The van der Waals surface area contributed by atoms with E-state index < -0.39 is 28.8 Å². The zero-order chi connectivity index (χ0) is 26.0. The van der Waals surface area contributed by atoms with Crippen molar-refractivity contribution in [1.82, 2.24) is 0 Å². The molecule has 0 atom stereocenters. The molecule has 36 heavy (non-hydrogen) atoms. The summed E-state index contributed by atoms with van der Waals surface area (Å²) >= 11 is 0. The topological polar surface area (TPSA) is 37.3 Å². The Hall–Kier alpha value is -1.52. The summed E-state index contributed by atoms with van der Waals surface area (Å²) in [7, 11) is 0. The molecule has 1 aromatic rings. The molecule has 0 unspecified atom stereocenters. The Morgan fingerprint density at radius 3 is 1.69 bits per heavy atom. The molecule has 204 valence electrons. The van der Waals surface area contributed by atoms with E-state index in [2.05, 4.69) is 6.92 Å². The Bertz CT molecular complexity index is 785. The van der Waals surface area contributed by atoms with E-state index in [1.807, 2.05) is 0 Å². The van der Waals surface area contributed by atoms with Crippen molar-refractivity contribution in [3.8, 4) is 0 Å². The van der Waals surface area contributed by atoms with Gasteiger partial charge in [-0.2, -0.15) is 0 Å². The summed E-state index contributed by atoms with van der Waals surface area (Å²) in [4.78, 5) is 12.2. The molecular formula is C31H47F3O2. The van der Waals surface area contributed by atoms with Crippen LogP contribution in [0.4, 0.5) is 13.2 Å². The van der Waals surface area contributed by atoms with Crippen LogP contribution in [0, 0.1) is 35.2 Å². The van der Waals surface area contributed by atoms with E-state index in [9.17, 15) is 23.1 Å². The predicted octanol–water partition coefficient (Wildman–Crippen LogP) is 9.73. The predicted molar refractivity (Wildman–Crippen MR) is 139 cm³/mol. The van der Waals surface area contributed by atoms with Crippen LogP contribution < -0.4 is 0 Å². The largest absolute Gasteiger partial charge is 0.481 e. The summed E-state index contributed by atoms with van der Waals surface area (Å²) in [6.45, 7) is 2.27. The lowest BCUT2D eigenvalue weighted by Crippen LogP contribution is -2.40. The molecule has 2 fully saturated rings. The second kappa shape index (κ2) is 14.4. The zero-order valence-corrected chi connectivity index (χ0v) is 22.3. The molecule has 2 aliphatic carbocycles. The van der Waals surface area contributed by atoms with Gasteiger partial charge in [0.2, 0.25) is 0 Å². The normalized spacial score (nSPS) is 26.7. The lowest BCUT2D eigenvalue weighted by atomic mass is 9.65. The molecule has 0 bridgehead atoms. The quantitative estimate of drug-likeness (QED) is 0.201. The third kappa shape index (κ3) is 7.99. The minimum atomic E-state index is -1.54. The molecular weight excluding hydrogens is 461 g/mol. The van der Waals surface area contributed by atoms with E-state index in [0.717, 1.165) is 43.2 Å². The lowest BCUT2D eigenvalue weighted by Gasteiger charge is -2.38. The van der Waals surface area contributed by atoms with Gasteiger partial charge in [-0.15, -0.1) is 0 Å². The van der Waals surface area contributed by atoms with Gasteiger partial charge >= 0.3 is 5.97 Å².